The number of aryl methyl sites for hydroxylation is 1. The van der Waals surface area contributed by atoms with Gasteiger partial charge in [0.05, 0.1) is 18.4 Å². The lowest BCUT2D eigenvalue weighted by Gasteiger charge is -2.25. The number of anilines is 1. The van der Waals surface area contributed by atoms with Crippen LogP contribution in [0.15, 0.2) is 42.9 Å². The van der Waals surface area contributed by atoms with E-state index in [1.54, 1.807) is 18.6 Å². The van der Waals surface area contributed by atoms with E-state index in [2.05, 4.69) is 14.9 Å². The highest BCUT2D eigenvalue weighted by atomic mass is 35.5. The molecule has 1 aromatic carbocycles. The third-order valence-electron chi connectivity index (χ3n) is 4.62. The minimum atomic E-state index is 0.659. The molecule has 0 amide bonds. The first-order valence-electron chi connectivity index (χ1n) is 8.82. The van der Waals surface area contributed by atoms with Gasteiger partial charge in [0.25, 0.3) is 0 Å². The predicted octanol–water partition coefficient (Wildman–Crippen LogP) is 4.10. The molecular weight excluding hydrogens is 346 g/mol. The molecule has 0 saturated heterocycles. The van der Waals surface area contributed by atoms with E-state index in [1.165, 1.54) is 18.4 Å². The van der Waals surface area contributed by atoms with Gasteiger partial charge in [0, 0.05) is 41.3 Å². The van der Waals surface area contributed by atoms with E-state index in [-0.39, 0.29) is 0 Å². The average molecular weight is 366 g/mol. The number of rotatable bonds is 4. The standard InChI is InChI=1S/C20H20ClN5/c1-26(13-16-12-22-9-10-23-16)20-17-7-2-3-8-18(17)24-19(25-20)14-5-4-6-15(21)11-14/h4-6,9-12H,2-3,7-8,13H2,1H3. The van der Waals surface area contributed by atoms with Crippen LogP contribution in [0, 0.1) is 0 Å². The first kappa shape index (κ1) is 16.9. The lowest BCUT2D eigenvalue weighted by Crippen LogP contribution is -2.23. The smallest absolute Gasteiger partial charge is 0.161 e. The van der Waals surface area contributed by atoms with Crippen molar-refractivity contribution in [2.45, 2.75) is 32.2 Å². The molecule has 0 unspecified atom stereocenters. The maximum absolute atomic E-state index is 6.17. The van der Waals surface area contributed by atoms with Crippen LogP contribution in [0.3, 0.4) is 0 Å². The van der Waals surface area contributed by atoms with E-state index in [9.17, 15) is 0 Å². The highest BCUT2D eigenvalue weighted by Crippen LogP contribution is 2.31. The van der Waals surface area contributed by atoms with E-state index in [0.717, 1.165) is 41.4 Å². The number of fused-ring (bicyclic) bond motifs is 1. The molecule has 6 heteroatoms. The van der Waals surface area contributed by atoms with Crippen LogP contribution in [0.4, 0.5) is 5.82 Å². The van der Waals surface area contributed by atoms with Crippen LogP contribution in [0.2, 0.25) is 5.02 Å². The minimum Gasteiger partial charge on any atom is -0.353 e. The van der Waals surface area contributed by atoms with Crippen LogP contribution in [0.25, 0.3) is 11.4 Å². The molecule has 1 aliphatic carbocycles. The quantitative estimate of drug-likeness (QED) is 0.696. The Hall–Kier alpha value is -2.53. The fourth-order valence-electron chi connectivity index (χ4n) is 3.38. The van der Waals surface area contributed by atoms with Crippen LogP contribution in [-0.4, -0.2) is 27.0 Å². The second kappa shape index (κ2) is 7.38. The Bertz CT molecular complexity index is 913. The summed E-state index contributed by atoms with van der Waals surface area (Å²) in [5.41, 5.74) is 4.28. The molecule has 0 spiro atoms. The Morgan fingerprint density at radius 3 is 2.81 bits per heavy atom. The predicted molar refractivity (Wildman–Crippen MR) is 103 cm³/mol. The summed E-state index contributed by atoms with van der Waals surface area (Å²) in [4.78, 5) is 20.4. The summed E-state index contributed by atoms with van der Waals surface area (Å²) < 4.78 is 0. The molecule has 0 radical (unpaired) electrons. The Labute approximate surface area is 158 Å². The molecule has 3 aromatic rings. The fourth-order valence-corrected chi connectivity index (χ4v) is 3.57. The maximum Gasteiger partial charge on any atom is 0.161 e. The molecule has 0 fully saturated rings. The van der Waals surface area contributed by atoms with Crippen molar-refractivity contribution in [1.29, 1.82) is 0 Å². The zero-order valence-corrected chi connectivity index (χ0v) is 15.4. The molecule has 0 saturated carbocycles. The van der Waals surface area contributed by atoms with Crippen molar-refractivity contribution in [1.82, 2.24) is 19.9 Å². The minimum absolute atomic E-state index is 0.659. The Morgan fingerprint density at radius 1 is 1.12 bits per heavy atom. The van der Waals surface area contributed by atoms with Crippen LogP contribution in [0.5, 0.6) is 0 Å². The third kappa shape index (κ3) is 3.53. The zero-order valence-electron chi connectivity index (χ0n) is 14.7. The Balaban J connectivity index is 1.75. The first-order valence-corrected chi connectivity index (χ1v) is 9.20. The van der Waals surface area contributed by atoms with Gasteiger partial charge in [-0.2, -0.15) is 0 Å². The molecule has 1 aliphatic rings. The van der Waals surface area contributed by atoms with Crippen molar-refractivity contribution in [2.24, 2.45) is 0 Å². The molecule has 0 atom stereocenters. The van der Waals surface area contributed by atoms with Gasteiger partial charge in [-0.15, -0.1) is 0 Å². The van der Waals surface area contributed by atoms with Crippen LogP contribution >= 0.6 is 11.6 Å². The second-order valence-electron chi connectivity index (χ2n) is 6.57. The molecule has 132 valence electrons. The average Bonchev–Trinajstić information content (AvgIpc) is 2.68. The van der Waals surface area contributed by atoms with Gasteiger partial charge >= 0.3 is 0 Å². The number of hydrogen-bond donors (Lipinski definition) is 0. The van der Waals surface area contributed by atoms with Crippen LogP contribution in [0.1, 0.15) is 29.8 Å². The van der Waals surface area contributed by atoms with E-state index in [1.807, 2.05) is 31.3 Å². The zero-order chi connectivity index (χ0) is 17.9. The van der Waals surface area contributed by atoms with Crippen LogP contribution < -0.4 is 4.90 Å². The SMILES string of the molecule is CN(Cc1cnccn1)c1nc(-c2cccc(Cl)c2)nc2c1CCCC2. The molecule has 4 rings (SSSR count). The number of nitrogens with zero attached hydrogens (tertiary/aromatic N) is 5. The van der Waals surface area contributed by atoms with E-state index < -0.39 is 0 Å². The molecule has 0 aliphatic heterocycles. The highest BCUT2D eigenvalue weighted by Gasteiger charge is 2.21. The monoisotopic (exact) mass is 365 g/mol. The molecular formula is C20H20ClN5. The van der Waals surface area contributed by atoms with Gasteiger partial charge in [-0.05, 0) is 37.8 Å². The number of hydrogen-bond acceptors (Lipinski definition) is 5. The van der Waals surface area contributed by atoms with Crippen molar-refractivity contribution in [3.8, 4) is 11.4 Å². The van der Waals surface area contributed by atoms with Crippen molar-refractivity contribution in [3.63, 3.8) is 0 Å². The summed E-state index contributed by atoms with van der Waals surface area (Å²) in [6.07, 6.45) is 9.57. The Kier molecular flexibility index (Phi) is 4.80. The summed E-state index contributed by atoms with van der Waals surface area (Å²) >= 11 is 6.17. The summed E-state index contributed by atoms with van der Waals surface area (Å²) in [5, 5.41) is 0.693. The second-order valence-corrected chi connectivity index (χ2v) is 7.00. The molecule has 0 bridgehead atoms. The lowest BCUT2D eigenvalue weighted by atomic mass is 9.95. The van der Waals surface area contributed by atoms with Gasteiger partial charge in [-0.1, -0.05) is 23.7 Å². The van der Waals surface area contributed by atoms with Crippen molar-refractivity contribution in [3.05, 3.63) is 64.8 Å². The number of halogens is 1. The van der Waals surface area contributed by atoms with E-state index in [0.29, 0.717) is 11.6 Å². The van der Waals surface area contributed by atoms with Gasteiger partial charge in [-0.3, -0.25) is 9.97 Å². The topological polar surface area (TPSA) is 54.8 Å². The summed E-state index contributed by atoms with van der Waals surface area (Å²) in [7, 11) is 2.05. The van der Waals surface area contributed by atoms with Gasteiger partial charge in [0.2, 0.25) is 0 Å². The summed E-state index contributed by atoms with van der Waals surface area (Å²) in [6.45, 7) is 0.659. The number of aromatic nitrogens is 4. The van der Waals surface area contributed by atoms with E-state index >= 15 is 0 Å². The van der Waals surface area contributed by atoms with Crippen molar-refractivity contribution in [2.75, 3.05) is 11.9 Å². The van der Waals surface area contributed by atoms with Gasteiger partial charge in [0.1, 0.15) is 5.82 Å². The van der Waals surface area contributed by atoms with Gasteiger partial charge < -0.3 is 4.90 Å². The molecule has 26 heavy (non-hydrogen) atoms. The highest BCUT2D eigenvalue weighted by molar-refractivity contribution is 6.30. The van der Waals surface area contributed by atoms with Gasteiger partial charge in [0.15, 0.2) is 5.82 Å². The maximum atomic E-state index is 6.17. The van der Waals surface area contributed by atoms with Crippen molar-refractivity contribution >= 4 is 17.4 Å². The summed E-state index contributed by atoms with van der Waals surface area (Å²) in [6, 6.07) is 7.72. The van der Waals surface area contributed by atoms with Gasteiger partial charge in [-0.25, -0.2) is 9.97 Å². The van der Waals surface area contributed by atoms with Crippen molar-refractivity contribution < 1.29 is 0 Å². The van der Waals surface area contributed by atoms with E-state index in [4.69, 9.17) is 21.6 Å². The Morgan fingerprint density at radius 2 is 2.00 bits per heavy atom. The summed E-state index contributed by atoms with van der Waals surface area (Å²) in [5.74, 6) is 1.71. The lowest BCUT2D eigenvalue weighted by molar-refractivity contribution is 0.658. The number of benzene rings is 1. The molecule has 2 heterocycles. The fraction of sp³-hybridized carbons (Fsp3) is 0.300. The molecule has 0 N–H and O–H groups in total. The molecule has 5 nitrogen and oxygen atoms in total. The molecule has 2 aromatic heterocycles. The first-order chi connectivity index (χ1) is 12.7. The largest absolute Gasteiger partial charge is 0.353 e. The normalized spacial score (nSPS) is 13.3. The van der Waals surface area contributed by atoms with Crippen LogP contribution in [-0.2, 0) is 19.4 Å². The third-order valence-corrected chi connectivity index (χ3v) is 4.86.